The van der Waals surface area contributed by atoms with E-state index in [0.717, 1.165) is 27.4 Å². The molecule has 0 atom stereocenters. The van der Waals surface area contributed by atoms with Crippen LogP contribution in [0.25, 0.3) is 11.4 Å². The van der Waals surface area contributed by atoms with Crippen LogP contribution < -0.4 is 4.74 Å². The van der Waals surface area contributed by atoms with Crippen molar-refractivity contribution in [3.63, 3.8) is 0 Å². The molecule has 0 aliphatic heterocycles. The lowest BCUT2D eigenvalue weighted by Gasteiger charge is -2.22. The largest absolute Gasteiger partial charge is 0.497 e. The van der Waals surface area contributed by atoms with Crippen molar-refractivity contribution < 1.29 is 4.74 Å². The Morgan fingerprint density at radius 3 is 2.77 bits per heavy atom. The molecule has 0 radical (unpaired) electrons. The number of benzene rings is 2. The molecule has 0 amide bonds. The fourth-order valence-electron chi connectivity index (χ4n) is 3.42. The summed E-state index contributed by atoms with van der Waals surface area (Å²) in [5.41, 5.74) is 4.08. The van der Waals surface area contributed by atoms with E-state index in [1.165, 1.54) is 25.0 Å². The van der Waals surface area contributed by atoms with E-state index in [9.17, 15) is 0 Å². The van der Waals surface area contributed by atoms with Crippen LogP contribution in [0.3, 0.4) is 0 Å². The van der Waals surface area contributed by atoms with E-state index in [1.54, 1.807) is 23.2 Å². The second-order valence-electron chi connectivity index (χ2n) is 7.53. The van der Waals surface area contributed by atoms with Gasteiger partial charge in [-0.3, -0.25) is 0 Å². The molecule has 2 aromatic carbocycles. The summed E-state index contributed by atoms with van der Waals surface area (Å²) in [4.78, 5) is 6.27. The minimum atomic E-state index is 0.546. The fourth-order valence-corrected chi connectivity index (χ4v) is 4.16. The Hall–Kier alpha value is -3.50. The number of thiazole rings is 1. The summed E-state index contributed by atoms with van der Waals surface area (Å²) in [5, 5.41) is 15.9. The predicted molar refractivity (Wildman–Crippen MR) is 120 cm³/mol. The Bertz CT molecular complexity index is 1240. The number of ether oxygens (including phenoxy) is 1. The number of tetrazole rings is 1. The SMILES string of the molecule is COc1ccc(Cn2nnc(-c3cccc(C#Cc4nc(C5CCC5)cs4)c3)n2)cc1. The van der Waals surface area contributed by atoms with Crippen LogP contribution in [0, 0.1) is 11.8 Å². The first-order valence-corrected chi connectivity index (χ1v) is 11.1. The highest BCUT2D eigenvalue weighted by atomic mass is 32.1. The van der Waals surface area contributed by atoms with Crippen LogP contribution in [-0.2, 0) is 6.54 Å². The molecule has 154 valence electrons. The second-order valence-corrected chi connectivity index (χ2v) is 8.39. The van der Waals surface area contributed by atoms with Crippen molar-refractivity contribution in [2.75, 3.05) is 7.11 Å². The van der Waals surface area contributed by atoms with Gasteiger partial charge in [0.05, 0.1) is 19.3 Å². The zero-order chi connectivity index (χ0) is 21.0. The van der Waals surface area contributed by atoms with Crippen molar-refractivity contribution in [2.45, 2.75) is 31.7 Å². The Labute approximate surface area is 184 Å². The summed E-state index contributed by atoms with van der Waals surface area (Å²) >= 11 is 1.62. The summed E-state index contributed by atoms with van der Waals surface area (Å²) in [7, 11) is 1.66. The van der Waals surface area contributed by atoms with Gasteiger partial charge in [-0.05, 0) is 53.8 Å². The van der Waals surface area contributed by atoms with Crippen LogP contribution in [0.4, 0.5) is 0 Å². The average molecular weight is 428 g/mol. The fraction of sp³-hybridized carbons (Fsp3) is 0.250. The van der Waals surface area contributed by atoms with E-state index in [0.29, 0.717) is 18.3 Å². The maximum Gasteiger partial charge on any atom is 0.204 e. The zero-order valence-corrected chi connectivity index (χ0v) is 18.0. The Morgan fingerprint density at radius 2 is 2.00 bits per heavy atom. The molecule has 6 nitrogen and oxygen atoms in total. The number of nitrogens with zero attached hydrogens (tertiary/aromatic N) is 5. The molecule has 0 saturated heterocycles. The van der Waals surface area contributed by atoms with Crippen LogP contribution in [0.5, 0.6) is 5.75 Å². The smallest absolute Gasteiger partial charge is 0.204 e. The number of hydrogen-bond acceptors (Lipinski definition) is 6. The molecular weight excluding hydrogens is 406 g/mol. The Kier molecular flexibility index (Phi) is 5.46. The average Bonchev–Trinajstić information content (AvgIpc) is 3.42. The van der Waals surface area contributed by atoms with Gasteiger partial charge in [0.1, 0.15) is 5.75 Å². The zero-order valence-electron chi connectivity index (χ0n) is 17.2. The maximum absolute atomic E-state index is 5.20. The molecule has 5 rings (SSSR count). The van der Waals surface area contributed by atoms with Gasteiger partial charge in [-0.1, -0.05) is 36.6 Å². The van der Waals surface area contributed by atoms with E-state index >= 15 is 0 Å². The summed E-state index contributed by atoms with van der Waals surface area (Å²) in [6.07, 6.45) is 3.82. The monoisotopic (exact) mass is 427 g/mol. The third kappa shape index (κ3) is 4.49. The van der Waals surface area contributed by atoms with Crippen molar-refractivity contribution in [2.24, 2.45) is 0 Å². The summed E-state index contributed by atoms with van der Waals surface area (Å²) in [6, 6.07) is 15.7. The van der Waals surface area contributed by atoms with Crippen LogP contribution in [-0.4, -0.2) is 32.3 Å². The van der Waals surface area contributed by atoms with E-state index < -0.39 is 0 Å². The lowest BCUT2D eigenvalue weighted by Crippen LogP contribution is -2.08. The highest BCUT2D eigenvalue weighted by Crippen LogP contribution is 2.36. The van der Waals surface area contributed by atoms with E-state index in [4.69, 9.17) is 4.74 Å². The van der Waals surface area contributed by atoms with Gasteiger partial charge in [-0.15, -0.1) is 21.5 Å². The molecule has 1 fully saturated rings. The lowest BCUT2D eigenvalue weighted by molar-refractivity contribution is 0.412. The summed E-state index contributed by atoms with van der Waals surface area (Å²) in [6.45, 7) is 0.546. The number of rotatable bonds is 5. The van der Waals surface area contributed by atoms with Crippen molar-refractivity contribution in [1.82, 2.24) is 25.2 Å². The summed E-state index contributed by atoms with van der Waals surface area (Å²) < 4.78 is 5.20. The van der Waals surface area contributed by atoms with Crippen LogP contribution in [0.15, 0.2) is 53.9 Å². The molecule has 0 bridgehead atoms. The Morgan fingerprint density at radius 1 is 1.13 bits per heavy atom. The molecule has 0 unspecified atom stereocenters. The van der Waals surface area contributed by atoms with E-state index in [1.807, 2.05) is 48.5 Å². The number of hydrogen-bond donors (Lipinski definition) is 0. The van der Waals surface area contributed by atoms with Gasteiger partial charge in [-0.25, -0.2) is 4.98 Å². The molecule has 7 heteroatoms. The molecule has 0 N–H and O–H groups in total. The topological polar surface area (TPSA) is 65.7 Å². The normalized spacial score (nSPS) is 13.3. The highest BCUT2D eigenvalue weighted by Gasteiger charge is 2.21. The second kappa shape index (κ2) is 8.70. The van der Waals surface area contributed by atoms with Crippen LogP contribution in [0.1, 0.15) is 47.0 Å². The molecule has 4 aromatic rings. The third-order valence-electron chi connectivity index (χ3n) is 5.42. The first-order chi connectivity index (χ1) is 15.3. The maximum atomic E-state index is 5.20. The van der Waals surface area contributed by atoms with Gasteiger partial charge < -0.3 is 4.74 Å². The minimum absolute atomic E-state index is 0.546. The van der Waals surface area contributed by atoms with Crippen molar-refractivity contribution in [3.05, 3.63) is 75.7 Å². The quantitative estimate of drug-likeness (QED) is 0.438. The van der Waals surface area contributed by atoms with Gasteiger partial charge in [0.2, 0.25) is 5.82 Å². The van der Waals surface area contributed by atoms with E-state index in [-0.39, 0.29) is 0 Å². The lowest BCUT2D eigenvalue weighted by atomic mass is 9.83. The molecule has 1 aliphatic carbocycles. The van der Waals surface area contributed by atoms with Crippen molar-refractivity contribution >= 4 is 11.3 Å². The highest BCUT2D eigenvalue weighted by molar-refractivity contribution is 7.10. The van der Waals surface area contributed by atoms with Crippen LogP contribution >= 0.6 is 11.3 Å². The minimum Gasteiger partial charge on any atom is -0.497 e. The molecule has 2 heterocycles. The van der Waals surface area contributed by atoms with Gasteiger partial charge in [0.15, 0.2) is 5.01 Å². The van der Waals surface area contributed by atoms with Gasteiger partial charge in [-0.2, -0.15) is 4.80 Å². The van der Waals surface area contributed by atoms with Gasteiger partial charge in [0.25, 0.3) is 0 Å². The first-order valence-electron chi connectivity index (χ1n) is 10.3. The third-order valence-corrected chi connectivity index (χ3v) is 6.19. The molecule has 2 aromatic heterocycles. The summed E-state index contributed by atoms with van der Waals surface area (Å²) in [5.74, 6) is 8.46. The van der Waals surface area contributed by atoms with Crippen LogP contribution in [0.2, 0.25) is 0 Å². The van der Waals surface area contributed by atoms with Gasteiger partial charge >= 0.3 is 0 Å². The molecule has 0 spiro atoms. The van der Waals surface area contributed by atoms with Crippen molar-refractivity contribution in [3.8, 4) is 29.0 Å². The van der Waals surface area contributed by atoms with Gasteiger partial charge in [0, 0.05) is 22.4 Å². The molecule has 31 heavy (non-hydrogen) atoms. The molecule has 1 aliphatic rings. The van der Waals surface area contributed by atoms with E-state index in [2.05, 4.69) is 37.6 Å². The van der Waals surface area contributed by atoms with Crippen molar-refractivity contribution in [1.29, 1.82) is 0 Å². The first kappa shape index (κ1) is 19.5. The standard InChI is InChI=1S/C24H21N5OS/c1-30-21-11-8-18(9-12-21)15-29-27-24(26-28-29)20-7-2-4-17(14-20)10-13-23-25-22(16-31-23)19-5-3-6-19/h2,4,7-9,11-12,14,16,19H,3,5-6,15H2,1H3. The Balaban J connectivity index is 1.29. The molecular formula is C24H21N5OS. The number of aromatic nitrogens is 5. The molecule has 1 saturated carbocycles. The number of methoxy groups -OCH3 is 1. The predicted octanol–water partition coefficient (Wildman–Crippen LogP) is 4.52.